The van der Waals surface area contributed by atoms with Crippen LogP contribution in [-0.2, 0) is 11.3 Å². The molecule has 1 aromatic rings. The van der Waals surface area contributed by atoms with E-state index in [0.29, 0.717) is 6.04 Å². The van der Waals surface area contributed by atoms with Gasteiger partial charge in [0.15, 0.2) is 0 Å². The molecule has 0 bridgehead atoms. The molecule has 4 heteroatoms. The summed E-state index contributed by atoms with van der Waals surface area (Å²) in [6, 6.07) is 9.12. The van der Waals surface area contributed by atoms with Crippen LogP contribution in [0, 0.1) is 0 Å². The molecular formula is C15H24N2OS. The molecule has 0 radical (unpaired) electrons. The minimum absolute atomic E-state index is 0.507. The van der Waals surface area contributed by atoms with E-state index in [4.69, 9.17) is 4.74 Å². The van der Waals surface area contributed by atoms with Crippen molar-refractivity contribution in [3.05, 3.63) is 29.8 Å². The average molecular weight is 280 g/mol. The molecule has 1 N–H and O–H groups in total. The molecule has 19 heavy (non-hydrogen) atoms. The van der Waals surface area contributed by atoms with Gasteiger partial charge in [0, 0.05) is 37.1 Å². The van der Waals surface area contributed by atoms with Gasteiger partial charge in [-0.2, -0.15) is 0 Å². The Bertz CT molecular complexity index is 380. The standard InChI is InChI=1S/C15H24N2OS/c1-13(12-17-7-9-18-10-8-17)16-11-14-5-3-4-6-15(14)19-2/h3-6,13,16H,7-12H2,1-2H3. The fourth-order valence-corrected chi connectivity index (χ4v) is 2.99. The lowest BCUT2D eigenvalue weighted by atomic mass is 10.2. The van der Waals surface area contributed by atoms with Crippen molar-refractivity contribution in [3.8, 4) is 0 Å². The van der Waals surface area contributed by atoms with E-state index < -0.39 is 0 Å². The summed E-state index contributed by atoms with van der Waals surface area (Å²) >= 11 is 1.82. The van der Waals surface area contributed by atoms with Crippen molar-refractivity contribution in [2.75, 3.05) is 39.1 Å². The molecule has 0 spiro atoms. The maximum absolute atomic E-state index is 5.38. The number of morpholine rings is 1. The number of thioether (sulfide) groups is 1. The van der Waals surface area contributed by atoms with E-state index in [2.05, 4.69) is 47.7 Å². The number of nitrogens with zero attached hydrogens (tertiary/aromatic N) is 1. The van der Waals surface area contributed by atoms with Crippen molar-refractivity contribution in [1.29, 1.82) is 0 Å². The van der Waals surface area contributed by atoms with Crippen molar-refractivity contribution in [1.82, 2.24) is 10.2 Å². The maximum Gasteiger partial charge on any atom is 0.0594 e. The largest absolute Gasteiger partial charge is 0.379 e. The summed E-state index contributed by atoms with van der Waals surface area (Å²) in [6.07, 6.45) is 2.13. The van der Waals surface area contributed by atoms with Crippen molar-refractivity contribution >= 4 is 11.8 Å². The van der Waals surface area contributed by atoms with E-state index in [9.17, 15) is 0 Å². The Hall–Kier alpha value is -0.550. The molecule has 0 saturated carbocycles. The quantitative estimate of drug-likeness (QED) is 0.808. The van der Waals surface area contributed by atoms with Crippen molar-refractivity contribution in [3.63, 3.8) is 0 Å². The monoisotopic (exact) mass is 280 g/mol. The van der Waals surface area contributed by atoms with Gasteiger partial charge in [0.05, 0.1) is 13.2 Å². The van der Waals surface area contributed by atoms with Gasteiger partial charge in [-0.3, -0.25) is 4.90 Å². The zero-order valence-electron chi connectivity index (χ0n) is 11.9. The van der Waals surface area contributed by atoms with Crippen LogP contribution in [0.2, 0.25) is 0 Å². The molecule has 1 aliphatic heterocycles. The van der Waals surface area contributed by atoms with E-state index in [1.165, 1.54) is 10.5 Å². The van der Waals surface area contributed by atoms with Crippen LogP contribution >= 0.6 is 11.8 Å². The van der Waals surface area contributed by atoms with Gasteiger partial charge in [0.1, 0.15) is 0 Å². The normalized spacial score (nSPS) is 18.4. The number of ether oxygens (including phenoxy) is 1. The zero-order valence-corrected chi connectivity index (χ0v) is 12.7. The average Bonchev–Trinajstić information content (AvgIpc) is 2.46. The van der Waals surface area contributed by atoms with Crippen molar-refractivity contribution in [2.24, 2.45) is 0 Å². The minimum Gasteiger partial charge on any atom is -0.379 e. The topological polar surface area (TPSA) is 24.5 Å². The number of hydrogen-bond donors (Lipinski definition) is 1. The van der Waals surface area contributed by atoms with E-state index in [0.717, 1.165) is 39.4 Å². The first-order valence-electron chi connectivity index (χ1n) is 6.95. The van der Waals surface area contributed by atoms with Crippen LogP contribution in [0.15, 0.2) is 29.2 Å². The molecule has 3 nitrogen and oxygen atoms in total. The highest BCUT2D eigenvalue weighted by molar-refractivity contribution is 7.98. The first kappa shape index (κ1) is 14.9. The Morgan fingerprint density at radius 3 is 2.79 bits per heavy atom. The molecule has 1 aliphatic rings. The molecule has 2 rings (SSSR count). The van der Waals surface area contributed by atoms with Gasteiger partial charge in [0.25, 0.3) is 0 Å². The first-order chi connectivity index (χ1) is 9.29. The van der Waals surface area contributed by atoms with Crippen molar-refractivity contribution in [2.45, 2.75) is 24.4 Å². The van der Waals surface area contributed by atoms with E-state index in [-0.39, 0.29) is 0 Å². The second kappa shape index (κ2) is 7.90. The lowest BCUT2D eigenvalue weighted by molar-refractivity contribution is 0.0343. The smallest absolute Gasteiger partial charge is 0.0594 e. The Kier molecular flexibility index (Phi) is 6.17. The van der Waals surface area contributed by atoms with Crippen LogP contribution < -0.4 is 5.32 Å². The van der Waals surface area contributed by atoms with E-state index in [1.807, 2.05) is 11.8 Å². The molecule has 1 fully saturated rings. The molecule has 1 saturated heterocycles. The Labute approximate surface area is 120 Å². The summed E-state index contributed by atoms with van der Waals surface area (Å²) < 4.78 is 5.38. The van der Waals surface area contributed by atoms with Gasteiger partial charge in [-0.05, 0) is 24.8 Å². The summed E-state index contributed by atoms with van der Waals surface area (Å²) in [6.45, 7) is 8.19. The lowest BCUT2D eigenvalue weighted by Gasteiger charge is -2.29. The van der Waals surface area contributed by atoms with Crippen LogP contribution in [0.5, 0.6) is 0 Å². The molecule has 1 aromatic carbocycles. The Balaban J connectivity index is 1.77. The second-order valence-corrected chi connectivity index (χ2v) is 5.85. The summed E-state index contributed by atoms with van der Waals surface area (Å²) in [5.41, 5.74) is 1.39. The third-order valence-corrected chi connectivity index (χ3v) is 4.31. The second-order valence-electron chi connectivity index (χ2n) is 5.01. The number of benzene rings is 1. The summed E-state index contributed by atoms with van der Waals surface area (Å²) in [7, 11) is 0. The molecule has 1 atom stereocenters. The molecule has 0 aromatic heterocycles. The molecule has 1 unspecified atom stereocenters. The van der Waals surface area contributed by atoms with Crippen LogP contribution in [-0.4, -0.2) is 50.0 Å². The van der Waals surface area contributed by atoms with Gasteiger partial charge in [-0.25, -0.2) is 0 Å². The minimum atomic E-state index is 0.507. The third kappa shape index (κ3) is 4.80. The van der Waals surface area contributed by atoms with Crippen LogP contribution in [0.1, 0.15) is 12.5 Å². The number of hydrogen-bond acceptors (Lipinski definition) is 4. The maximum atomic E-state index is 5.38. The zero-order chi connectivity index (χ0) is 13.5. The predicted molar refractivity (Wildman–Crippen MR) is 81.8 cm³/mol. The van der Waals surface area contributed by atoms with Crippen molar-refractivity contribution < 1.29 is 4.74 Å². The summed E-state index contributed by atoms with van der Waals surface area (Å²) in [4.78, 5) is 3.84. The molecular weight excluding hydrogens is 256 g/mol. The van der Waals surface area contributed by atoms with Crippen LogP contribution in [0.4, 0.5) is 0 Å². The van der Waals surface area contributed by atoms with Crippen LogP contribution in [0.25, 0.3) is 0 Å². The fourth-order valence-electron chi connectivity index (χ4n) is 2.37. The fraction of sp³-hybridized carbons (Fsp3) is 0.600. The molecule has 0 aliphatic carbocycles. The van der Waals surface area contributed by atoms with Gasteiger partial charge in [-0.1, -0.05) is 18.2 Å². The molecule has 106 valence electrons. The number of rotatable bonds is 6. The Morgan fingerprint density at radius 1 is 1.32 bits per heavy atom. The highest BCUT2D eigenvalue weighted by Gasteiger charge is 2.13. The first-order valence-corrected chi connectivity index (χ1v) is 8.17. The van der Waals surface area contributed by atoms with Gasteiger partial charge in [-0.15, -0.1) is 11.8 Å². The number of nitrogens with one attached hydrogen (secondary N) is 1. The summed E-state index contributed by atoms with van der Waals surface area (Å²) in [5, 5.41) is 3.63. The van der Waals surface area contributed by atoms with Gasteiger partial charge < -0.3 is 10.1 Å². The van der Waals surface area contributed by atoms with Gasteiger partial charge in [0.2, 0.25) is 0 Å². The predicted octanol–water partition coefficient (Wildman–Crippen LogP) is 2.22. The van der Waals surface area contributed by atoms with E-state index >= 15 is 0 Å². The van der Waals surface area contributed by atoms with Gasteiger partial charge >= 0.3 is 0 Å². The SMILES string of the molecule is CSc1ccccc1CNC(C)CN1CCOCC1. The summed E-state index contributed by atoms with van der Waals surface area (Å²) in [5.74, 6) is 0. The molecule has 0 amide bonds. The third-order valence-electron chi connectivity index (χ3n) is 3.47. The van der Waals surface area contributed by atoms with E-state index in [1.54, 1.807) is 0 Å². The van der Waals surface area contributed by atoms with Crippen LogP contribution in [0.3, 0.4) is 0 Å². The highest BCUT2D eigenvalue weighted by atomic mass is 32.2. The highest BCUT2D eigenvalue weighted by Crippen LogP contribution is 2.19. The Morgan fingerprint density at radius 2 is 2.05 bits per heavy atom. The molecule has 1 heterocycles. The lowest BCUT2D eigenvalue weighted by Crippen LogP contribution is -2.44.